The third-order valence-electron chi connectivity index (χ3n) is 12.1. The third kappa shape index (κ3) is 4.44. The Kier molecular flexibility index (Phi) is 6.43. The van der Waals surface area contributed by atoms with Gasteiger partial charge >= 0.3 is 0 Å². The molecule has 0 amide bonds. The van der Waals surface area contributed by atoms with Crippen LogP contribution >= 0.6 is 0 Å². The van der Waals surface area contributed by atoms with Gasteiger partial charge < -0.3 is 4.57 Å². The van der Waals surface area contributed by atoms with Gasteiger partial charge in [0.15, 0.2) is 0 Å². The zero-order valence-electron chi connectivity index (χ0n) is 29.8. The Balaban J connectivity index is 1.11. The standard InChI is InChI=1S/C52H37N/c1-52(2)47-22-11-9-20-39(47)44-31-43-42-29-35(36-25-27-50-45(30-36)40-21-10-12-23-49(40)53(50)38-18-7-4-8-19-38)24-26-41(42)51(46(43)32-48(44)52)37-17-13-16-34(28-37)33-14-5-3-6-15-33/h3-32,51H,1-2H3. The topological polar surface area (TPSA) is 4.93 Å². The van der Waals surface area contributed by atoms with Crippen LogP contribution in [0.1, 0.15) is 47.6 Å². The highest BCUT2D eigenvalue weighted by molar-refractivity contribution is 6.10. The number of fused-ring (bicyclic) bond motifs is 9. The first kappa shape index (κ1) is 30.2. The fraction of sp³-hybridized carbons (Fsp3) is 0.0769. The van der Waals surface area contributed by atoms with E-state index in [9.17, 15) is 0 Å². The number of rotatable bonds is 4. The number of nitrogens with zero attached hydrogens (tertiary/aromatic N) is 1. The van der Waals surface area contributed by atoms with Crippen molar-refractivity contribution in [2.45, 2.75) is 25.2 Å². The molecule has 0 radical (unpaired) electrons. The minimum atomic E-state index is -0.0638. The predicted molar refractivity (Wildman–Crippen MR) is 222 cm³/mol. The highest BCUT2D eigenvalue weighted by atomic mass is 15.0. The van der Waals surface area contributed by atoms with Crippen LogP contribution in [-0.2, 0) is 5.41 Å². The Morgan fingerprint density at radius 1 is 0.396 bits per heavy atom. The van der Waals surface area contributed by atoms with Crippen molar-refractivity contribution in [1.82, 2.24) is 4.57 Å². The molecule has 11 rings (SSSR count). The SMILES string of the molecule is CC1(C)c2ccccc2-c2cc3c(cc21)C(c1cccc(-c2ccccc2)c1)c1ccc(-c2ccc4c(c2)c2ccccc2n4-c2ccccc2)cc1-3. The molecule has 1 atom stereocenters. The zero-order chi connectivity index (χ0) is 35.3. The van der Waals surface area contributed by atoms with Crippen molar-refractivity contribution in [1.29, 1.82) is 0 Å². The van der Waals surface area contributed by atoms with E-state index in [0.717, 1.165) is 0 Å². The first-order valence-corrected chi connectivity index (χ1v) is 18.7. The zero-order valence-corrected chi connectivity index (χ0v) is 29.8. The summed E-state index contributed by atoms with van der Waals surface area (Å²) in [7, 11) is 0. The molecule has 1 heterocycles. The quantitative estimate of drug-likeness (QED) is 0.175. The van der Waals surface area contributed by atoms with Gasteiger partial charge in [-0.1, -0.05) is 153 Å². The second-order valence-electron chi connectivity index (χ2n) is 15.3. The predicted octanol–water partition coefficient (Wildman–Crippen LogP) is 13.6. The van der Waals surface area contributed by atoms with Gasteiger partial charge in [0.2, 0.25) is 0 Å². The third-order valence-corrected chi connectivity index (χ3v) is 12.1. The van der Waals surface area contributed by atoms with E-state index in [1.807, 2.05) is 0 Å². The lowest BCUT2D eigenvalue weighted by molar-refractivity contribution is 0.659. The van der Waals surface area contributed by atoms with E-state index in [4.69, 9.17) is 0 Å². The van der Waals surface area contributed by atoms with Crippen molar-refractivity contribution in [3.05, 3.63) is 210 Å². The van der Waals surface area contributed by atoms with Crippen molar-refractivity contribution in [3.63, 3.8) is 0 Å². The fourth-order valence-corrected chi connectivity index (χ4v) is 9.52. The van der Waals surface area contributed by atoms with Gasteiger partial charge in [0.25, 0.3) is 0 Å². The van der Waals surface area contributed by atoms with Gasteiger partial charge in [0.05, 0.1) is 11.0 Å². The molecule has 2 aliphatic carbocycles. The molecule has 0 aliphatic heterocycles. The molecule has 0 N–H and O–H groups in total. The molecule has 0 saturated carbocycles. The summed E-state index contributed by atoms with van der Waals surface area (Å²) in [4.78, 5) is 0. The maximum absolute atomic E-state index is 2.55. The van der Waals surface area contributed by atoms with Crippen LogP contribution in [-0.4, -0.2) is 4.57 Å². The lowest BCUT2D eigenvalue weighted by Crippen LogP contribution is -2.15. The van der Waals surface area contributed by atoms with Crippen LogP contribution in [0.3, 0.4) is 0 Å². The molecule has 0 spiro atoms. The van der Waals surface area contributed by atoms with Gasteiger partial charge in [-0.3, -0.25) is 0 Å². The number of para-hydroxylation sites is 2. The first-order chi connectivity index (χ1) is 26.0. The summed E-state index contributed by atoms with van der Waals surface area (Å²) >= 11 is 0. The average molecular weight is 676 g/mol. The summed E-state index contributed by atoms with van der Waals surface area (Å²) in [6, 6.07) is 67.8. The molecular weight excluding hydrogens is 639 g/mol. The van der Waals surface area contributed by atoms with Gasteiger partial charge in [-0.15, -0.1) is 0 Å². The minimum absolute atomic E-state index is 0.0638. The Hall–Kier alpha value is -6.44. The van der Waals surface area contributed by atoms with Gasteiger partial charge in [-0.05, 0) is 115 Å². The van der Waals surface area contributed by atoms with Gasteiger partial charge in [0, 0.05) is 27.8 Å². The van der Waals surface area contributed by atoms with E-state index < -0.39 is 0 Å². The highest BCUT2D eigenvalue weighted by Crippen LogP contribution is 2.56. The number of hydrogen-bond donors (Lipinski definition) is 0. The molecule has 0 fully saturated rings. The van der Waals surface area contributed by atoms with Crippen LogP contribution in [0, 0.1) is 0 Å². The largest absolute Gasteiger partial charge is 0.309 e. The van der Waals surface area contributed by atoms with Crippen molar-refractivity contribution < 1.29 is 0 Å². The van der Waals surface area contributed by atoms with Gasteiger partial charge in [-0.25, -0.2) is 0 Å². The average Bonchev–Trinajstić information content (AvgIpc) is 3.80. The summed E-state index contributed by atoms with van der Waals surface area (Å²) in [5.74, 6) is 0.147. The highest BCUT2D eigenvalue weighted by Gasteiger charge is 2.39. The van der Waals surface area contributed by atoms with Crippen molar-refractivity contribution in [2.75, 3.05) is 0 Å². The molecule has 0 saturated heterocycles. The number of aromatic nitrogens is 1. The normalized spacial score (nSPS) is 14.9. The molecule has 1 unspecified atom stereocenters. The Morgan fingerprint density at radius 3 is 1.92 bits per heavy atom. The number of benzene rings is 8. The molecule has 1 heteroatoms. The van der Waals surface area contributed by atoms with E-state index >= 15 is 0 Å². The Morgan fingerprint density at radius 2 is 1.06 bits per heavy atom. The van der Waals surface area contributed by atoms with E-state index in [1.165, 1.54) is 99.8 Å². The second kappa shape index (κ2) is 11.3. The van der Waals surface area contributed by atoms with E-state index in [1.54, 1.807) is 0 Å². The van der Waals surface area contributed by atoms with Crippen LogP contribution in [0.25, 0.3) is 72.0 Å². The second-order valence-corrected chi connectivity index (χ2v) is 15.3. The summed E-state index contributed by atoms with van der Waals surface area (Å²) < 4.78 is 2.39. The van der Waals surface area contributed by atoms with Gasteiger partial charge in [0.1, 0.15) is 0 Å². The summed E-state index contributed by atoms with van der Waals surface area (Å²) in [6.45, 7) is 4.78. The molecule has 1 nitrogen and oxygen atoms in total. The lowest BCUT2D eigenvalue weighted by atomic mass is 9.80. The molecule has 8 aromatic carbocycles. The lowest BCUT2D eigenvalue weighted by Gasteiger charge is -2.23. The van der Waals surface area contributed by atoms with Crippen LogP contribution in [0.4, 0.5) is 0 Å². The smallest absolute Gasteiger partial charge is 0.0541 e. The van der Waals surface area contributed by atoms with E-state index in [-0.39, 0.29) is 11.3 Å². The van der Waals surface area contributed by atoms with Crippen LogP contribution in [0.2, 0.25) is 0 Å². The van der Waals surface area contributed by atoms with E-state index in [0.29, 0.717) is 0 Å². The summed E-state index contributed by atoms with van der Waals surface area (Å²) in [6.07, 6.45) is 0. The maximum atomic E-state index is 2.55. The van der Waals surface area contributed by atoms with E-state index in [2.05, 4.69) is 200 Å². The Labute approximate surface area is 310 Å². The van der Waals surface area contributed by atoms with Crippen molar-refractivity contribution in [3.8, 4) is 50.2 Å². The summed E-state index contributed by atoms with van der Waals surface area (Å²) in [5.41, 5.74) is 20.9. The van der Waals surface area contributed by atoms with Crippen molar-refractivity contribution in [2.24, 2.45) is 0 Å². The first-order valence-electron chi connectivity index (χ1n) is 18.7. The number of hydrogen-bond acceptors (Lipinski definition) is 0. The molecule has 0 bridgehead atoms. The van der Waals surface area contributed by atoms with Crippen LogP contribution in [0.5, 0.6) is 0 Å². The molecule has 2 aliphatic rings. The monoisotopic (exact) mass is 675 g/mol. The molecular formula is C52H37N. The molecule has 9 aromatic rings. The molecule has 1 aromatic heterocycles. The minimum Gasteiger partial charge on any atom is -0.309 e. The Bertz CT molecular complexity index is 2910. The molecule has 250 valence electrons. The van der Waals surface area contributed by atoms with Crippen LogP contribution in [0.15, 0.2) is 182 Å². The summed E-state index contributed by atoms with van der Waals surface area (Å²) in [5, 5.41) is 2.55. The maximum Gasteiger partial charge on any atom is 0.0541 e. The van der Waals surface area contributed by atoms with Crippen molar-refractivity contribution >= 4 is 21.8 Å². The van der Waals surface area contributed by atoms with Gasteiger partial charge in [-0.2, -0.15) is 0 Å². The van der Waals surface area contributed by atoms with Crippen LogP contribution < -0.4 is 0 Å². The fourth-order valence-electron chi connectivity index (χ4n) is 9.52. The molecule has 53 heavy (non-hydrogen) atoms.